The molecule has 1 aromatic carbocycles. The Labute approximate surface area is 91.4 Å². The third-order valence-electron chi connectivity index (χ3n) is 1.97. The third kappa shape index (κ3) is 4.05. The molecule has 15 heavy (non-hydrogen) atoms. The molecule has 0 fully saturated rings. The molecule has 1 aromatic rings. The quantitative estimate of drug-likeness (QED) is 0.601. The van der Waals surface area contributed by atoms with Crippen molar-refractivity contribution < 1.29 is 4.74 Å². The highest BCUT2D eigenvalue weighted by atomic mass is 16.5. The van der Waals surface area contributed by atoms with E-state index in [0.717, 1.165) is 30.8 Å². The number of para-hydroxylation sites is 1. The first-order chi connectivity index (χ1) is 7.38. The average molecular weight is 203 g/mol. The SMILES string of the molecule is CCCCOc1ccccc1C#CCN. The lowest BCUT2D eigenvalue weighted by atomic mass is 10.2. The number of rotatable bonds is 4. The van der Waals surface area contributed by atoms with E-state index in [-0.39, 0.29) is 0 Å². The van der Waals surface area contributed by atoms with Crippen molar-refractivity contribution in [3.05, 3.63) is 29.8 Å². The van der Waals surface area contributed by atoms with Gasteiger partial charge in [0, 0.05) is 0 Å². The molecule has 2 heteroatoms. The summed E-state index contributed by atoms with van der Waals surface area (Å²) in [5.41, 5.74) is 6.25. The number of ether oxygens (including phenoxy) is 1. The Morgan fingerprint density at radius 2 is 2.13 bits per heavy atom. The molecule has 80 valence electrons. The van der Waals surface area contributed by atoms with Crippen molar-refractivity contribution in [1.82, 2.24) is 0 Å². The molecule has 0 aliphatic rings. The molecular weight excluding hydrogens is 186 g/mol. The maximum atomic E-state index is 5.63. The van der Waals surface area contributed by atoms with Crippen LogP contribution < -0.4 is 10.5 Å². The molecule has 0 aliphatic carbocycles. The summed E-state index contributed by atoms with van der Waals surface area (Å²) in [5.74, 6) is 6.69. The second-order valence-electron chi connectivity index (χ2n) is 3.20. The van der Waals surface area contributed by atoms with E-state index in [1.54, 1.807) is 0 Å². The first-order valence-electron chi connectivity index (χ1n) is 5.29. The Hall–Kier alpha value is -1.46. The van der Waals surface area contributed by atoms with Crippen LogP contribution >= 0.6 is 0 Å². The summed E-state index contributed by atoms with van der Waals surface area (Å²) >= 11 is 0. The maximum Gasteiger partial charge on any atom is 0.134 e. The smallest absolute Gasteiger partial charge is 0.134 e. The van der Waals surface area contributed by atoms with E-state index < -0.39 is 0 Å². The molecule has 2 N–H and O–H groups in total. The lowest BCUT2D eigenvalue weighted by molar-refractivity contribution is 0.308. The summed E-state index contributed by atoms with van der Waals surface area (Å²) in [7, 11) is 0. The van der Waals surface area contributed by atoms with Crippen LogP contribution in [-0.2, 0) is 0 Å². The van der Waals surface area contributed by atoms with Crippen molar-refractivity contribution in [2.75, 3.05) is 13.2 Å². The van der Waals surface area contributed by atoms with E-state index in [1.807, 2.05) is 24.3 Å². The standard InChI is InChI=1S/C13H17NO/c1-2-3-11-15-13-9-5-4-7-12(13)8-6-10-14/h4-5,7,9H,2-3,10-11,14H2,1H3. The Morgan fingerprint density at radius 3 is 2.87 bits per heavy atom. The van der Waals surface area contributed by atoms with E-state index in [4.69, 9.17) is 10.5 Å². The average Bonchev–Trinajstić information content (AvgIpc) is 2.28. The molecule has 0 bridgehead atoms. The van der Waals surface area contributed by atoms with Crippen LogP contribution in [0.4, 0.5) is 0 Å². The molecule has 0 saturated carbocycles. The zero-order chi connectivity index (χ0) is 10.9. The number of unbranched alkanes of at least 4 members (excludes halogenated alkanes) is 1. The van der Waals surface area contributed by atoms with Gasteiger partial charge in [-0.1, -0.05) is 37.3 Å². The van der Waals surface area contributed by atoms with Crippen molar-refractivity contribution in [2.45, 2.75) is 19.8 Å². The van der Waals surface area contributed by atoms with E-state index >= 15 is 0 Å². The van der Waals surface area contributed by atoms with Gasteiger partial charge in [-0.2, -0.15) is 0 Å². The van der Waals surface area contributed by atoms with Gasteiger partial charge in [-0.25, -0.2) is 0 Å². The summed E-state index contributed by atoms with van der Waals surface area (Å²) in [4.78, 5) is 0. The van der Waals surface area contributed by atoms with Gasteiger partial charge in [0.1, 0.15) is 5.75 Å². The molecule has 0 atom stereocenters. The molecule has 0 aromatic heterocycles. The third-order valence-corrected chi connectivity index (χ3v) is 1.97. The van der Waals surface area contributed by atoms with Crippen molar-refractivity contribution in [3.63, 3.8) is 0 Å². The maximum absolute atomic E-state index is 5.63. The van der Waals surface area contributed by atoms with Crippen LogP contribution in [-0.4, -0.2) is 13.2 Å². The number of nitrogens with two attached hydrogens (primary N) is 1. The van der Waals surface area contributed by atoms with Gasteiger partial charge in [0.15, 0.2) is 0 Å². The largest absolute Gasteiger partial charge is 0.492 e. The zero-order valence-corrected chi connectivity index (χ0v) is 9.12. The first kappa shape index (κ1) is 11.6. The van der Waals surface area contributed by atoms with Crippen LogP contribution in [0.1, 0.15) is 25.3 Å². The highest BCUT2D eigenvalue weighted by Crippen LogP contribution is 2.16. The Morgan fingerprint density at radius 1 is 1.33 bits per heavy atom. The molecule has 0 amide bonds. The summed E-state index contributed by atoms with van der Waals surface area (Å²) in [6.07, 6.45) is 2.20. The second-order valence-corrected chi connectivity index (χ2v) is 3.20. The predicted molar refractivity (Wildman–Crippen MR) is 62.8 cm³/mol. The minimum atomic E-state index is 0.378. The van der Waals surface area contributed by atoms with E-state index in [1.165, 1.54) is 0 Å². The van der Waals surface area contributed by atoms with Gasteiger partial charge in [-0.3, -0.25) is 0 Å². The Bertz CT molecular complexity index is 349. The van der Waals surface area contributed by atoms with Crippen LogP contribution in [0, 0.1) is 11.8 Å². The summed E-state index contributed by atoms with van der Waals surface area (Å²) < 4.78 is 5.63. The molecule has 0 saturated heterocycles. The summed E-state index contributed by atoms with van der Waals surface area (Å²) in [5, 5.41) is 0. The Balaban J connectivity index is 2.68. The Kier molecular flexibility index (Phi) is 5.35. The van der Waals surface area contributed by atoms with Crippen LogP contribution in [0.25, 0.3) is 0 Å². The van der Waals surface area contributed by atoms with Gasteiger partial charge < -0.3 is 10.5 Å². The molecular formula is C13H17NO. The predicted octanol–water partition coefficient (Wildman–Crippen LogP) is 2.18. The monoisotopic (exact) mass is 203 g/mol. The number of benzene rings is 1. The van der Waals surface area contributed by atoms with Gasteiger partial charge in [0.2, 0.25) is 0 Å². The van der Waals surface area contributed by atoms with E-state index in [9.17, 15) is 0 Å². The minimum Gasteiger partial charge on any atom is -0.492 e. The van der Waals surface area contributed by atoms with Gasteiger partial charge >= 0.3 is 0 Å². The molecule has 1 rings (SSSR count). The van der Waals surface area contributed by atoms with E-state index in [2.05, 4.69) is 18.8 Å². The van der Waals surface area contributed by atoms with Crippen molar-refractivity contribution in [1.29, 1.82) is 0 Å². The molecule has 0 unspecified atom stereocenters. The zero-order valence-electron chi connectivity index (χ0n) is 9.12. The first-order valence-corrected chi connectivity index (χ1v) is 5.29. The lowest BCUT2D eigenvalue weighted by Crippen LogP contribution is -1.98. The lowest BCUT2D eigenvalue weighted by Gasteiger charge is -2.06. The fraction of sp³-hybridized carbons (Fsp3) is 0.385. The summed E-state index contributed by atoms with van der Waals surface area (Å²) in [6, 6.07) is 7.79. The van der Waals surface area contributed by atoms with Crippen molar-refractivity contribution in [3.8, 4) is 17.6 Å². The molecule has 0 aliphatic heterocycles. The highest BCUT2D eigenvalue weighted by Gasteiger charge is 1.98. The van der Waals surface area contributed by atoms with E-state index in [0.29, 0.717) is 6.54 Å². The van der Waals surface area contributed by atoms with Crippen LogP contribution in [0.15, 0.2) is 24.3 Å². The fourth-order valence-electron chi connectivity index (χ4n) is 1.17. The van der Waals surface area contributed by atoms with Gasteiger partial charge in [0.05, 0.1) is 18.7 Å². The summed E-state index contributed by atoms with van der Waals surface area (Å²) in [6.45, 7) is 3.27. The number of hydrogen-bond donors (Lipinski definition) is 1. The normalized spacial score (nSPS) is 9.20. The van der Waals surface area contributed by atoms with Gasteiger partial charge in [-0.05, 0) is 18.6 Å². The van der Waals surface area contributed by atoms with Crippen molar-refractivity contribution >= 4 is 0 Å². The van der Waals surface area contributed by atoms with Gasteiger partial charge in [-0.15, -0.1) is 0 Å². The van der Waals surface area contributed by atoms with Crippen LogP contribution in [0.3, 0.4) is 0 Å². The molecule has 0 radical (unpaired) electrons. The molecule has 0 spiro atoms. The fourth-order valence-corrected chi connectivity index (χ4v) is 1.17. The second kappa shape index (κ2) is 6.92. The van der Waals surface area contributed by atoms with Crippen LogP contribution in [0.5, 0.6) is 5.75 Å². The minimum absolute atomic E-state index is 0.378. The van der Waals surface area contributed by atoms with Crippen LogP contribution in [0.2, 0.25) is 0 Å². The number of hydrogen-bond acceptors (Lipinski definition) is 2. The van der Waals surface area contributed by atoms with Crippen molar-refractivity contribution in [2.24, 2.45) is 5.73 Å². The molecule has 0 heterocycles. The molecule has 2 nitrogen and oxygen atoms in total. The highest BCUT2D eigenvalue weighted by molar-refractivity contribution is 5.45. The topological polar surface area (TPSA) is 35.2 Å². The van der Waals surface area contributed by atoms with Gasteiger partial charge in [0.25, 0.3) is 0 Å².